The van der Waals surface area contributed by atoms with Crippen molar-refractivity contribution in [1.29, 1.82) is 0 Å². The van der Waals surface area contributed by atoms with Crippen LogP contribution in [0.4, 0.5) is 8.78 Å². The smallest absolute Gasteiger partial charge is 0.224 e. The van der Waals surface area contributed by atoms with Crippen LogP contribution in [0.15, 0.2) is 18.2 Å². The van der Waals surface area contributed by atoms with Crippen LogP contribution in [-0.2, 0) is 13.3 Å². The van der Waals surface area contributed by atoms with Crippen molar-refractivity contribution in [3.63, 3.8) is 0 Å². The van der Waals surface area contributed by atoms with Gasteiger partial charge < -0.3 is 5.21 Å². The zero-order valence-electron chi connectivity index (χ0n) is 5.76. The van der Waals surface area contributed by atoms with E-state index in [9.17, 15) is 14.0 Å². The summed E-state index contributed by atoms with van der Waals surface area (Å²) in [6.07, 6.45) is 0. The highest BCUT2D eigenvalue weighted by molar-refractivity contribution is 5.02. The molecule has 11 heavy (non-hydrogen) atoms. The van der Waals surface area contributed by atoms with Crippen LogP contribution in [-0.4, -0.2) is 0 Å². The van der Waals surface area contributed by atoms with E-state index in [1.807, 2.05) is 0 Å². The highest BCUT2D eigenvalue weighted by atomic mass is 19.1. The van der Waals surface area contributed by atoms with Crippen LogP contribution >= 0.6 is 0 Å². The molecule has 0 bridgehead atoms. The van der Waals surface area contributed by atoms with Gasteiger partial charge in [-0.3, -0.25) is 0 Å². The number of nitrogens with zero attached hydrogens (tertiary/aromatic N) is 1. The Hall–Kier alpha value is -1.19. The molecule has 0 unspecified atom stereocenters. The lowest BCUT2D eigenvalue weighted by Crippen LogP contribution is -2.35. The normalized spacial score (nSPS) is 10.0. The van der Waals surface area contributed by atoms with Crippen molar-refractivity contribution in [2.24, 2.45) is 0 Å². The Morgan fingerprint density at radius 2 is 1.64 bits per heavy atom. The molecule has 0 N–H and O–H groups in total. The molecule has 1 aromatic rings. The number of pyridine rings is 1. The first-order valence-electron chi connectivity index (χ1n) is 3.12. The monoisotopic (exact) mass is 159 g/mol. The van der Waals surface area contributed by atoms with Crippen LogP contribution in [0.1, 0.15) is 11.4 Å². The average Bonchev–Trinajstić information content (AvgIpc) is 2.05. The lowest BCUT2D eigenvalue weighted by atomic mass is 10.3. The molecule has 4 heteroatoms. The van der Waals surface area contributed by atoms with E-state index in [1.54, 1.807) is 0 Å². The summed E-state index contributed by atoms with van der Waals surface area (Å²) in [5, 5.41) is 10.9. The van der Waals surface area contributed by atoms with Gasteiger partial charge in [0.2, 0.25) is 11.4 Å². The standard InChI is InChI=1S/C7H7F2NO/c8-4-6-2-1-3-7(5-9)10(6)11/h1-3H,4-5H2. The molecule has 0 aliphatic heterocycles. The van der Waals surface area contributed by atoms with Crippen LogP contribution in [0.25, 0.3) is 0 Å². The molecule has 0 aliphatic rings. The maximum Gasteiger partial charge on any atom is 0.224 e. The number of hydrogen-bond acceptors (Lipinski definition) is 1. The fraction of sp³-hybridized carbons (Fsp3) is 0.286. The number of hydrogen-bond donors (Lipinski definition) is 0. The Morgan fingerprint density at radius 3 is 2.00 bits per heavy atom. The molecule has 1 rings (SSSR count). The number of rotatable bonds is 2. The first kappa shape index (κ1) is 7.91. The molecule has 1 aromatic heterocycles. The summed E-state index contributed by atoms with van der Waals surface area (Å²) in [5.74, 6) is 0. The van der Waals surface area contributed by atoms with Gasteiger partial charge in [0.05, 0.1) is 0 Å². The minimum absolute atomic E-state index is 0.0554. The Balaban J connectivity index is 3.10. The summed E-state index contributed by atoms with van der Waals surface area (Å²) in [4.78, 5) is 0. The predicted molar refractivity (Wildman–Crippen MR) is 35.0 cm³/mol. The Labute approximate surface area is 62.7 Å². The summed E-state index contributed by atoms with van der Waals surface area (Å²) in [6, 6.07) is 4.11. The van der Waals surface area contributed by atoms with Gasteiger partial charge in [-0.05, 0) is 6.07 Å². The van der Waals surface area contributed by atoms with E-state index in [1.165, 1.54) is 18.2 Å². The van der Waals surface area contributed by atoms with Crippen LogP contribution in [0, 0.1) is 5.21 Å². The van der Waals surface area contributed by atoms with Gasteiger partial charge in [-0.2, -0.15) is 4.73 Å². The van der Waals surface area contributed by atoms with E-state index in [-0.39, 0.29) is 16.1 Å². The minimum atomic E-state index is -0.864. The van der Waals surface area contributed by atoms with Crippen molar-refractivity contribution in [2.45, 2.75) is 13.3 Å². The molecule has 0 radical (unpaired) electrons. The van der Waals surface area contributed by atoms with E-state index < -0.39 is 13.3 Å². The molecule has 0 saturated heterocycles. The van der Waals surface area contributed by atoms with Crippen molar-refractivity contribution in [3.8, 4) is 0 Å². The third-order valence-electron chi connectivity index (χ3n) is 1.37. The van der Waals surface area contributed by atoms with Gasteiger partial charge in [-0.25, -0.2) is 8.78 Å². The highest BCUT2D eigenvalue weighted by Crippen LogP contribution is 1.99. The van der Waals surface area contributed by atoms with Crippen LogP contribution < -0.4 is 4.73 Å². The molecule has 1 heterocycles. The average molecular weight is 159 g/mol. The molecular formula is C7H7F2NO. The fourth-order valence-electron chi connectivity index (χ4n) is 0.788. The molecule has 2 nitrogen and oxygen atoms in total. The molecular weight excluding hydrogens is 152 g/mol. The molecule has 0 fully saturated rings. The van der Waals surface area contributed by atoms with E-state index >= 15 is 0 Å². The van der Waals surface area contributed by atoms with E-state index in [0.717, 1.165) is 0 Å². The molecule has 0 aromatic carbocycles. The first-order valence-corrected chi connectivity index (χ1v) is 3.12. The number of alkyl halides is 2. The summed E-state index contributed by atoms with van der Waals surface area (Å²) in [7, 11) is 0. The van der Waals surface area contributed by atoms with Crippen molar-refractivity contribution in [2.75, 3.05) is 0 Å². The van der Waals surface area contributed by atoms with Gasteiger partial charge in [-0.15, -0.1) is 0 Å². The summed E-state index contributed by atoms with van der Waals surface area (Å²) < 4.78 is 24.2. The molecule has 0 aliphatic carbocycles. The van der Waals surface area contributed by atoms with Gasteiger partial charge >= 0.3 is 0 Å². The summed E-state index contributed by atoms with van der Waals surface area (Å²) in [5.41, 5.74) is -0.111. The Kier molecular flexibility index (Phi) is 2.36. The second kappa shape index (κ2) is 3.27. The van der Waals surface area contributed by atoms with Crippen molar-refractivity contribution < 1.29 is 13.5 Å². The van der Waals surface area contributed by atoms with Gasteiger partial charge in [0, 0.05) is 12.1 Å². The Morgan fingerprint density at radius 1 is 1.18 bits per heavy atom. The zero-order valence-corrected chi connectivity index (χ0v) is 5.76. The second-order valence-electron chi connectivity index (χ2n) is 2.07. The molecule has 60 valence electrons. The van der Waals surface area contributed by atoms with Gasteiger partial charge in [-0.1, -0.05) is 0 Å². The quantitative estimate of drug-likeness (QED) is 0.471. The van der Waals surface area contributed by atoms with Crippen LogP contribution in [0.5, 0.6) is 0 Å². The fourth-order valence-corrected chi connectivity index (χ4v) is 0.788. The third-order valence-corrected chi connectivity index (χ3v) is 1.37. The number of aromatic nitrogens is 1. The molecule has 0 saturated carbocycles. The third kappa shape index (κ3) is 1.45. The lowest BCUT2D eigenvalue weighted by Gasteiger charge is -2.03. The Bertz CT molecular complexity index is 230. The zero-order chi connectivity index (χ0) is 8.27. The van der Waals surface area contributed by atoms with Crippen molar-refractivity contribution in [3.05, 3.63) is 34.8 Å². The lowest BCUT2D eigenvalue weighted by molar-refractivity contribution is -0.625. The molecule has 0 spiro atoms. The van der Waals surface area contributed by atoms with Gasteiger partial charge in [0.1, 0.15) is 0 Å². The van der Waals surface area contributed by atoms with Gasteiger partial charge in [0.25, 0.3) is 0 Å². The first-order chi connectivity index (χ1) is 5.29. The molecule has 0 atom stereocenters. The van der Waals surface area contributed by atoms with Crippen molar-refractivity contribution >= 4 is 0 Å². The summed E-state index contributed by atoms with van der Waals surface area (Å²) in [6.45, 7) is -1.73. The second-order valence-corrected chi connectivity index (χ2v) is 2.07. The highest BCUT2D eigenvalue weighted by Gasteiger charge is 2.08. The van der Waals surface area contributed by atoms with E-state index in [4.69, 9.17) is 0 Å². The van der Waals surface area contributed by atoms with E-state index in [2.05, 4.69) is 0 Å². The largest absolute Gasteiger partial charge is 0.618 e. The van der Waals surface area contributed by atoms with E-state index in [0.29, 0.717) is 0 Å². The molecule has 0 amide bonds. The van der Waals surface area contributed by atoms with Crippen LogP contribution in [0.2, 0.25) is 0 Å². The van der Waals surface area contributed by atoms with Crippen LogP contribution in [0.3, 0.4) is 0 Å². The maximum absolute atomic E-state index is 12.0. The summed E-state index contributed by atoms with van der Waals surface area (Å²) >= 11 is 0. The van der Waals surface area contributed by atoms with Crippen molar-refractivity contribution in [1.82, 2.24) is 0 Å². The SMILES string of the molecule is [O-][n+]1c(CF)cccc1CF. The minimum Gasteiger partial charge on any atom is -0.618 e. The maximum atomic E-state index is 12.0. The number of halogens is 2. The topological polar surface area (TPSA) is 26.9 Å². The predicted octanol–water partition coefficient (Wildman–Crippen LogP) is 1.26. The van der Waals surface area contributed by atoms with Gasteiger partial charge in [0.15, 0.2) is 13.3 Å².